The van der Waals surface area contributed by atoms with Gasteiger partial charge in [-0.15, -0.1) is 11.8 Å². The smallest absolute Gasteiger partial charge is 0.229 e. The summed E-state index contributed by atoms with van der Waals surface area (Å²) in [6, 6.07) is 5.90. The number of carbonyl (C=O) groups is 1. The molecule has 0 spiro atoms. The Bertz CT molecular complexity index is 601. The van der Waals surface area contributed by atoms with Gasteiger partial charge in [-0.3, -0.25) is 9.69 Å². The lowest BCUT2D eigenvalue weighted by molar-refractivity contribution is -0.857. The molecule has 1 amide bonds. The summed E-state index contributed by atoms with van der Waals surface area (Å²) < 4.78 is 5.26. The summed E-state index contributed by atoms with van der Waals surface area (Å²) in [6.07, 6.45) is 0.553. The van der Waals surface area contributed by atoms with Gasteiger partial charge in [-0.05, 0) is 12.1 Å². The van der Waals surface area contributed by atoms with Crippen molar-refractivity contribution in [1.82, 2.24) is 4.90 Å². The fourth-order valence-corrected chi connectivity index (χ4v) is 3.74. The fourth-order valence-electron chi connectivity index (χ4n) is 2.55. The molecule has 2 aliphatic heterocycles. The van der Waals surface area contributed by atoms with E-state index < -0.39 is 0 Å². The van der Waals surface area contributed by atoms with E-state index in [0.29, 0.717) is 6.42 Å². The lowest BCUT2D eigenvalue weighted by Crippen LogP contribution is -3.06. The molecule has 21 heavy (non-hydrogen) atoms. The van der Waals surface area contributed by atoms with Crippen LogP contribution in [0.25, 0.3) is 0 Å². The third-order valence-electron chi connectivity index (χ3n) is 3.73. The number of nitrogens with one attached hydrogen (secondary N) is 1. The van der Waals surface area contributed by atoms with Crippen LogP contribution >= 0.6 is 11.8 Å². The normalized spacial score (nSPS) is 20.4. The molecule has 0 unspecified atom stereocenters. The molecular weight excluding hydrogens is 286 g/mol. The maximum Gasteiger partial charge on any atom is 0.229 e. The summed E-state index contributed by atoms with van der Waals surface area (Å²) in [5.41, 5.74) is 0.905. The quantitative estimate of drug-likeness (QED) is 0.885. The predicted molar refractivity (Wildman–Crippen MR) is 83.7 cm³/mol. The van der Waals surface area contributed by atoms with Gasteiger partial charge >= 0.3 is 0 Å². The van der Waals surface area contributed by atoms with E-state index in [2.05, 4.69) is 14.1 Å². The number of methoxy groups -OCH3 is 1. The number of thioether (sulfide) groups is 1. The van der Waals surface area contributed by atoms with E-state index >= 15 is 0 Å². The van der Waals surface area contributed by atoms with Crippen LogP contribution in [0.15, 0.2) is 28.1 Å². The molecule has 2 aliphatic rings. The zero-order valence-corrected chi connectivity index (χ0v) is 13.4. The third kappa shape index (κ3) is 2.78. The monoisotopic (exact) mass is 306 g/mol. The molecule has 0 aromatic heterocycles. The van der Waals surface area contributed by atoms with Crippen molar-refractivity contribution in [3.8, 4) is 5.75 Å². The number of hydrogen-bond donors (Lipinski definition) is 1. The van der Waals surface area contributed by atoms with Crippen LogP contribution in [-0.2, 0) is 4.79 Å². The number of carbonyl (C=O) groups excluding carboxylic acids is 1. The Morgan fingerprint density at radius 3 is 3.00 bits per heavy atom. The van der Waals surface area contributed by atoms with Crippen molar-refractivity contribution in [2.45, 2.75) is 16.6 Å². The second-order valence-electron chi connectivity index (χ2n) is 5.62. The largest absolute Gasteiger partial charge is 0.497 e. The van der Waals surface area contributed by atoms with E-state index in [4.69, 9.17) is 9.73 Å². The first-order valence-electron chi connectivity index (χ1n) is 7.11. The molecule has 1 fully saturated rings. The standard InChI is InChI=1S/C15H19N3O2S/c1-17(2)6-7-18-14(19)9-13-15(18)16-11-8-10(20-3)4-5-12(11)21-13/h4-5,8,13H,6-7,9H2,1-3H3/p+1/t13-/m1/s1. The van der Waals surface area contributed by atoms with E-state index in [1.807, 2.05) is 23.1 Å². The minimum Gasteiger partial charge on any atom is -0.497 e. The number of quaternary nitrogens is 1. The van der Waals surface area contributed by atoms with Gasteiger partial charge in [0.2, 0.25) is 5.91 Å². The highest BCUT2D eigenvalue weighted by Gasteiger charge is 2.39. The summed E-state index contributed by atoms with van der Waals surface area (Å²) >= 11 is 1.73. The van der Waals surface area contributed by atoms with E-state index in [0.717, 1.165) is 35.3 Å². The Hall–Kier alpha value is -1.53. The van der Waals surface area contributed by atoms with Crippen LogP contribution in [0.4, 0.5) is 5.69 Å². The number of fused-ring (bicyclic) bond motifs is 2. The first-order valence-corrected chi connectivity index (χ1v) is 7.99. The number of amides is 1. The highest BCUT2D eigenvalue weighted by Crippen LogP contribution is 2.43. The van der Waals surface area contributed by atoms with Crippen LogP contribution in [0, 0.1) is 0 Å². The van der Waals surface area contributed by atoms with Gasteiger partial charge in [-0.2, -0.15) is 0 Å². The van der Waals surface area contributed by atoms with Crippen LogP contribution in [0.2, 0.25) is 0 Å². The number of likely N-dealkylation sites (N-methyl/N-ethyl adjacent to an activating group) is 1. The lowest BCUT2D eigenvalue weighted by atomic mass is 10.3. The topological polar surface area (TPSA) is 46.3 Å². The molecule has 1 atom stereocenters. The van der Waals surface area contributed by atoms with Gasteiger partial charge in [0.15, 0.2) is 0 Å². The molecular formula is C15H20N3O2S+. The average molecular weight is 306 g/mol. The molecule has 112 valence electrons. The van der Waals surface area contributed by atoms with Crippen LogP contribution in [-0.4, -0.2) is 56.2 Å². The van der Waals surface area contributed by atoms with Crippen molar-refractivity contribution in [3.05, 3.63) is 18.2 Å². The molecule has 0 bridgehead atoms. The second-order valence-corrected chi connectivity index (χ2v) is 6.86. The molecule has 0 radical (unpaired) electrons. The number of rotatable bonds is 4. The van der Waals surface area contributed by atoms with Crippen LogP contribution in [0.1, 0.15) is 6.42 Å². The van der Waals surface area contributed by atoms with Crippen LogP contribution in [0.5, 0.6) is 5.75 Å². The third-order valence-corrected chi connectivity index (χ3v) is 4.99. The highest BCUT2D eigenvalue weighted by molar-refractivity contribution is 8.01. The van der Waals surface area contributed by atoms with Gasteiger partial charge in [-0.25, -0.2) is 4.99 Å². The van der Waals surface area contributed by atoms with Gasteiger partial charge in [0, 0.05) is 17.4 Å². The summed E-state index contributed by atoms with van der Waals surface area (Å²) in [5.74, 6) is 1.89. The van der Waals surface area contributed by atoms with Gasteiger partial charge < -0.3 is 9.64 Å². The first kappa shape index (κ1) is 14.4. The van der Waals surface area contributed by atoms with Crippen LogP contribution in [0.3, 0.4) is 0 Å². The predicted octanol–water partition coefficient (Wildman–Crippen LogP) is 0.576. The van der Waals surface area contributed by atoms with E-state index in [9.17, 15) is 4.79 Å². The van der Waals surface area contributed by atoms with E-state index in [1.54, 1.807) is 18.9 Å². The fraction of sp³-hybridized carbons (Fsp3) is 0.467. The van der Waals surface area contributed by atoms with Crippen LogP contribution < -0.4 is 9.64 Å². The molecule has 5 nitrogen and oxygen atoms in total. The number of amidine groups is 1. The maximum atomic E-state index is 12.2. The highest BCUT2D eigenvalue weighted by atomic mass is 32.2. The molecule has 1 aromatic rings. The number of aliphatic imine (C=N–C) groups is 1. The molecule has 1 saturated heterocycles. The van der Waals surface area contributed by atoms with Crippen molar-refractivity contribution in [3.63, 3.8) is 0 Å². The number of hydrogen-bond acceptors (Lipinski definition) is 4. The summed E-state index contributed by atoms with van der Waals surface area (Å²) in [5, 5.41) is 0.163. The maximum absolute atomic E-state index is 12.2. The zero-order chi connectivity index (χ0) is 15.0. The van der Waals surface area contributed by atoms with Crippen molar-refractivity contribution >= 4 is 29.2 Å². The van der Waals surface area contributed by atoms with Gasteiger partial charge in [0.25, 0.3) is 0 Å². The van der Waals surface area contributed by atoms with Gasteiger partial charge in [-0.1, -0.05) is 0 Å². The molecule has 6 heteroatoms. The Morgan fingerprint density at radius 1 is 1.48 bits per heavy atom. The zero-order valence-electron chi connectivity index (χ0n) is 12.5. The first-order chi connectivity index (χ1) is 10.1. The van der Waals surface area contributed by atoms with Crippen molar-refractivity contribution in [2.24, 2.45) is 4.99 Å². The van der Waals surface area contributed by atoms with E-state index in [1.165, 1.54) is 4.90 Å². The van der Waals surface area contributed by atoms with Gasteiger partial charge in [0.1, 0.15) is 11.6 Å². The Labute approximate surface area is 129 Å². The molecule has 0 saturated carbocycles. The molecule has 3 rings (SSSR count). The number of benzene rings is 1. The van der Waals surface area contributed by atoms with Crippen molar-refractivity contribution in [1.29, 1.82) is 0 Å². The lowest BCUT2D eigenvalue weighted by Gasteiger charge is -2.23. The second kappa shape index (κ2) is 5.69. The summed E-state index contributed by atoms with van der Waals surface area (Å²) in [7, 11) is 5.84. The minimum atomic E-state index is 0.163. The van der Waals surface area contributed by atoms with Crippen molar-refractivity contribution in [2.75, 3.05) is 34.3 Å². The minimum absolute atomic E-state index is 0.163. The SMILES string of the molecule is COc1ccc2c(c1)N=C1[C@@H](CC(=O)N1CC[NH+](C)C)S2. The molecule has 1 aromatic carbocycles. The molecule has 0 aliphatic carbocycles. The Morgan fingerprint density at radius 2 is 2.29 bits per heavy atom. The van der Waals surface area contributed by atoms with Crippen molar-refractivity contribution < 1.29 is 14.4 Å². The van der Waals surface area contributed by atoms with E-state index in [-0.39, 0.29) is 11.2 Å². The number of nitrogens with zero attached hydrogens (tertiary/aromatic N) is 2. The average Bonchev–Trinajstić information content (AvgIpc) is 2.76. The Balaban J connectivity index is 1.90. The summed E-state index contributed by atoms with van der Waals surface area (Å²) in [6.45, 7) is 1.66. The molecule has 2 heterocycles. The molecule has 1 N–H and O–H groups in total. The Kier molecular flexibility index (Phi) is 3.91. The van der Waals surface area contributed by atoms with Gasteiger partial charge in [0.05, 0.1) is 45.2 Å². The summed E-state index contributed by atoms with van der Waals surface area (Å²) in [4.78, 5) is 21.3. The number of ether oxygens (including phenoxy) is 1. The number of likely N-dealkylation sites (tertiary alicyclic amines) is 1.